The molecule has 0 bridgehead atoms. The molecule has 0 spiro atoms. The number of carbonyl (C=O) groups is 1. The second-order valence-corrected chi connectivity index (χ2v) is 4.45. The van der Waals surface area contributed by atoms with E-state index >= 15 is 0 Å². The van der Waals surface area contributed by atoms with E-state index in [2.05, 4.69) is 15.9 Å². The summed E-state index contributed by atoms with van der Waals surface area (Å²) in [5.41, 5.74) is 2.09. The van der Waals surface area contributed by atoms with Gasteiger partial charge in [-0.2, -0.15) is 0 Å². The second-order valence-electron chi connectivity index (χ2n) is 3.59. The van der Waals surface area contributed by atoms with Crippen molar-refractivity contribution in [1.29, 1.82) is 0 Å². The van der Waals surface area contributed by atoms with Crippen molar-refractivity contribution in [2.45, 2.75) is 20.8 Å². The molecule has 0 aliphatic heterocycles. The first-order valence-electron chi connectivity index (χ1n) is 5.27. The quantitative estimate of drug-likeness (QED) is 0.624. The van der Waals surface area contributed by atoms with Crippen LogP contribution in [0.5, 0.6) is 0 Å². The number of halogens is 2. The molecule has 1 aromatic rings. The summed E-state index contributed by atoms with van der Waals surface area (Å²) >= 11 is 3.28. The van der Waals surface area contributed by atoms with Crippen molar-refractivity contribution in [2.75, 3.05) is 6.61 Å². The Morgan fingerprint density at radius 1 is 1.41 bits per heavy atom. The first-order valence-corrected chi connectivity index (χ1v) is 6.06. The van der Waals surface area contributed by atoms with Gasteiger partial charge in [0.15, 0.2) is 0 Å². The van der Waals surface area contributed by atoms with Gasteiger partial charge in [-0.25, -0.2) is 9.18 Å². The molecule has 1 rings (SSSR count). The van der Waals surface area contributed by atoms with Gasteiger partial charge in [-0.15, -0.1) is 0 Å². The van der Waals surface area contributed by atoms with E-state index in [0.29, 0.717) is 16.7 Å². The number of ether oxygens (including phenoxy) is 1. The summed E-state index contributed by atoms with van der Waals surface area (Å²) in [7, 11) is 0. The van der Waals surface area contributed by atoms with Crippen LogP contribution in [0.1, 0.15) is 26.3 Å². The number of allylic oxidation sites excluding steroid dienone is 1. The van der Waals surface area contributed by atoms with E-state index < -0.39 is 0 Å². The highest BCUT2D eigenvalue weighted by Gasteiger charge is 2.12. The number of carbonyl (C=O) groups excluding carboxylic acids is 1. The standard InChI is InChI=1S/C13H14BrFO2/c1-4-17-13(16)9(3)8(2)11-6-5-10(15)7-12(11)14/h5-7H,4H2,1-3H3/b9-8-. The highest BCUT2D eigenvalue weighted by atomic mass is 79.9. The van der Waals surface area contributed by atoms with Crippen LogP contribution in [-0.4, -0.2) is 12.6 Å². The highest BCUT2D eigenvalue weighted by molar-refractivity contribution is 9.10. The Morgan fingerprint density at radius 2 is 2.06 bits per heavy atom. The third-order valence-corrected chi connectivity index (χ3v) is 3.14. The number of esters is 1. The monoisotopic (exact) mass is 300 g/mol. The van der Waals surface area contributed by atoms with Crippen LogP contribution >= 0.6 is 15.9 Å². The zero-order valence-electron chi connectivity index (χ0n) is 10.0. The van der Waals surface area contributed by atoms with E-state index in [4.69, 9.17) is 4.74 Å². The molecule has 0 amide bonds. The van der Waals surface area contributed by atoms with Gasteiger partial charge >= 0.3 is 5.97 Å². The van der Waals surface area contributed by atoms with Gasteiger partial charge in [-0.3, -0.25) is 0 Å². The first-order chi connectivity index (χ1) is 7.97. The minimum absolute atomic E-state index is 0.317. The lowest BCUT2D eigenvalue weighted by molar-refractivity contribution is -0.138. The lowest BCUT2D eigenvalue weighted by Crippen LogP contribution is -2.07. The van der Waals surface area contributed by atoms with Crippen molar-refractivity contribution in [1.82, 2.24) is 0 Å². The number of hydrogen-bond acceptors (Lipinski definition) is 2. The molecular formula is C13H14BrFO2. The Morgan fingerprint density at radius 3 is 2.59 bits per heavy atom. The molecule has 4 heteroatoms. The fourth-order valence-corrected chi connectivity index (χ4v) is 2.04. The Labute approximate surface area is 109 Å². The molecule has 2 nitrogen and oxygen atoms in total. The van der Waals surface area contributed by atoms with Gasteiger partial charge in [0.1, 0.15) is 5.82 Å². The Bertz CT molecular complexity index is 466. The Hall–Kier alpha value is -1.16. The summed E-state index contributed by atoms with van der Waals surface area (Å²) in [5.74, 6) is -0.663. The van der Waals surface area contributed by atoms with Gasteiger partial charge < -0.3 is 4.74 Å². The summed E-state index contributed by atoms with van der Waals surface area (Å²) in [6, 6.07) is 4.37. The first kappa shape index (κ1) is 13.9. The number of benzene rings is 1. The molecule has 0 saturated carbocycles. The number of rotatable bonds is 3. The van der Waals surface area contributed by atoms with Crippen LogP contribution in [0.15, 0.2) is 28.2 Å². The number of hydrogen-bond donors (Lipinski definition) is 0. The van der Waals surface area contributed by atoms with Crippen molar-refractivity contribution in [3.63, 3.8) is 0 Å². The summed E-state index contributed by atoms with van der Waals surface area (Å²) in [6.07, 6.45) is 0. The van der Waals surface area contributed by atoms with Gasteiger partial charge in [0.05, 0.1) is 6.61 Å². The minimum atomic E-state index is -0.346. The summed E-state index contributed by atoms with van der Waals surface area (Å²) in [6.45, 7) is 5.61. The largest absolute Gasteiger partial charge is 0.463 e. The van der Waals surface area contributed by atoms with Gasteiger partial charge in [-0.05, 0) is 44.0 Å². The average molecular weight is 301 g/mol. The molecule has 0 fully saturated rings. The fourth-order valence-electron chi connectivity index (χ4n) is 1.39. The molecule has 1 aromatic carbocycles. The van der Waals surface area contributed by atoms with Crippen LogP contribution in [0.3, 0.4) is 0 Å². The predicted molar refractivity (Wildman–Crippen MR) is 69.0 cm³/mol. The topological polar surface area (TPSA) is 26.3 Å². The van der Waals surface area contributed by atoms with Crippen LogP contribution in [-0.2, 0) is 9.53 Å². The van der Waals surface area contributed by atoms with Crippen LogP contribution in [0.4, 0.5) is 4.39 Å². The molecule has 0 saturated heterocycles. The van der Waals surface area contributed by atoms with Crippen LogP contribution in [0.2, 0.25) is 0 Å². The van der Waals surface area contributed by atoms with Crippen molar-refractivity contribution in [2.24, 2.45) is 0 Å². The van der Waals surface area contributed by atoms with E-state index in [1.807, 2.05) is 6.92 Å². The average Bonchev–Trinajstić information content (AvgIpc) is 2.27. The molecule has 0 radical (unpaired) electrons. The van der Waals surface area contributed by atoms with Gasteiger partial charge in [0.2, 0.25) is 0 Å². The van der Waals surface area contributed by atoms with Crippen LogP contribution < -0.4 is 0 Å². The molecule has 0 N–H and O–H groups in total. The van der Waals surface area contributed by atoms with Gasteiger partial charge in [0.25, 0.3) is 0 Å². The van der Waals surface area contributed by atoms with E-state index in [-0.39, 0.29) is 11.8 Å². The third kappa shape index (κ3) is 3.40. The van der Waals surface area contributed by atoms with E-state index in [1.54, 1.807) is 19.9 Å². The van der Waals surface area contributed by atoms with Gasteiger partial charge in [0, 0.05) is 10.0 Å². The van der Waals surface area contributed by atoms with Crippen molar-refractivity contribution < 1.29 is 13.9 Å². The van der Waals surface area contributed by atoms with E-state index in [1.165, 1.54) is 12.1 Å². The molecule has 17 heavy (non-hydrogen) atoms. The maximum Gasteiger partial charge on any atom is 0.333 e. The highest BCUT2D eigenvalue weighted by Crippen LogP contribution is 2.27. The maximum atomic E-state index is 13.0. The summed E-state index contributed by atoms with van der Waals surface area (Å²) < 4.78 is 18.5. The zero-order chi connectivity index (χ0) is 13.0. The Balaban J connectivity index is 3.14. The summed E-state index contributed by atoms with van der Waals surface area (Å²) in [5, 5.41) is 0. The van der Waals surface area contributed by atoms with Gasteiger partial charge in [-0.1, -0.05) is 22.0 Å². The predicted octanol–water partition coefficient (Wildman–Crippen LogP) is 3.94. The molecular weight excluding hydrogens is 287 g/mol. The van der Waals surface area contributed by atoms with Crippen LogP contribution in [0.25, 0.3) is 5.57 Å². The van der Waals surface area contributed by atoms with Crippen molar-refractivity contribution >= 4 is 27.5 Å². The lowest BCUT2D eigenvalue weighted by atomic mass is 10.0. The second kappa shape index (κ2) is 5.96. The fraction of sp³-hybridized carbons (Fsp3) is 0.308. The normalized spacial score (nSPS) is 12.1. The molecule has 0 aliphatic carbocycles. The lowest BCUT2D eigenvalue weighted by Gasteiger charge is -2.09. The zero-order valence-corrected chi connectivity index (χ0v) is 11.6. The van der Waals surface area contributed by atoms with E-state index in [0.717, 1.165) is 11.1 Å². The Kier molecular flexibility index (Phi) is 4.87. The summed E-state index contributed by atoms with van der Waals surface area (Å²) in [4.78, 5) is 11.6. The minimum Gasteiger partial charge on any atom is -0.463 e. The smallest absolute Gasteiger partial charge is 0.333 e. The third-order valence-electron chi connectivity index (χ3n) is 2.48. The molecule has 0 aliphatic rings. The van der Waals surface area contributed by atoms with Crippen molar-refractivity contribution in [3.05, 3.63) is 39.6 Å². The molecule has 0 atom stereocenters. The maximum absolute atomic E-state index is 13.0. The molecule has 0 heterocycles. The SMILES string of the molecule is CCOC(=O)/C(C)=C(/C)c1ccc(F)cc1Br. The molecule has 0 unspecified atom stereocenters. The molecule has 92 valence electrons. The molecule has 0 aromatic heterocycles. The van der Waals surface area contributed by atoms with E-state index in [9.17, 15) is 9.18 Å². The van der Waals surface area contributed by atoms with Crippen LogP contribution in [0, 0.1) is 5.82 Å². The van der Waals surface area contributed by atoms with Crippen molar-refractivity contribution in [3.8, 4) is 0 Å².